The van der Waals surface area contributed by atoms with E-state index in [1.807, 2.05) is 0 Å². The minimum Gasteiger partial charge on any atom is -0.441 e. The molecule has 2 fully saturated rings. The summed E-state index contributed by atoms with van der Waals surface area (Å²) in [5.74, 6) is 2.69. The number of anilines is 1. The number of H-pyrrole nitrogens is 1. The molecule has 2 aliphatic heterocycles. The lowest BCUT2D eigenvalue weighted by Crippen LogP contribution is -2.40. The van der Waals surface area contributed by atoms with Crippen molar-refractivity contribution in [3.05, 3.63) is 17.4 Å². The second kappa shape index (κ2) is 4.79. The average molecular weight is 294 g/mol. The fourth-order valence-electron chi connectivity index (χ4n) is 3.16. The van der Waals surface area contributed by atoms with Crippen LogP contribution in [0.2, 0.25) is 5.22 Å². The monoisotopic (exact) mass is 293 g/mol. The Morgan fingerprint density at radius 1 is 1.35 bits per heavy atom. The van der Waals surface area contributed by atoms with Gasteiger partial charge in [0.1, 0.15) is 0 Å². The molecule has 0 amide bonds. The molecule has 2 aromatic heterocycles. The van der Waals surface area contributed by atoms with Crippen LogP contribution in [0, 0.1) is 5.92 Å². The van der Waals surface area contributed by atoms with Crippen molar-refractivity contribution < 1.29 is 4.42 Å². The number of hydrogen-bond donors (Lipinski definition) is 2. The first kappa shape index (κ1) is 12.2. The van der Waals surface area contributed by atoms with Crippen LogP contribution in [0.3, 0.4) is 0 Å². The molecular weight excluding hydrogens is 278 g/mol. The second-order valence-corrected chi connectivity index (χ2v) is 5.83. The zero-order valence-corrected chi connectivity index (χ0v) is 11.7. The minimum atomic E-state index is 0.356. The Balaban J connectivity index is 1.54. The van der Waals surface area contributed by atoms with Crippen molar-refractivity contribution in [3.63, 3.8) is 0 Å². The van der Waals surface area contributed by atoms with Crippen molar-refractivity contribution in [2.75, 3.05) is 24.5 Å². The third-order valence-corrected chi connectivity index (χ3v) is 4.37. The highest BCUT2D eigenvalue weighted by Gasteiger charge is 2.35. The summed E-state index contributed by atoms with van der Waals surface area (Å²) < 4.78 is 5.34. The van der Waals surface area contributed by atoms with Crippen LogP contribution in [-0.2, 0) is 0 Å². The third kappa shape index (κ3) is 2.09. The lowest BCUT2D eigenvalue weighted by atomic mass is 9.94. The number of nitrogens with one attached hydrogen (secondary N) is 2. The SMILES string of the molecule is Clc1ccc(-c2nc(N3CC4CCCNC4C3)n[nH]2)o1. The number of hydrogen-bond acceptors (Lipinski definition) is 5. The molecule has 2 N–H and O–H groups in total. The average Bonchev–Trinajstić information content (AvgIpc) is 3.16. The fourth-order valence-corrected chi connectivity index (χ4v) is 3.30. The van der Waals surface area contributed by atoms with Gasteiger partial charge in [0, 0.05) is 19.1 Å². The molecular formula is C13H16ClN5O. The largest absolute Gasteiger partial charge is 0.441 e. The second-order valence-electron chi connectivity index (χ2n) is 5.46. The highest BCUT2D eigenvalue weighted by Crippen LogP contribution is 2.28. The number of fused-ring (bicyclic) bond motifs is 1. The van der Waals surface area contributed by atoms with E-state index in [1.165, 1.54) is 12.8 Å². The highest BCUT2D eigenvalue weighted by atomic mass is 35.5. The van der Waals surface area contributed by atoms with E-state index in [-0.39, 0.29) is 0 Å². The van der Waals surface area contributed by atoms with Crippen LogP contribution in [0.4, 0.5) is 5.95 Å². The van der Waals surface area contributed by atoms with E-state index in [0.717, 1.165) is 25.6 Å². The Bertz CT molecular complexity index is 595. The van der Waals surface area contributed by atoms with Gasteiger partial charge in [-0.25, -0.2) is 0 Å². The van der Waals surface area contributed by atoms with Crippen molar-refractivity contribution in [1.29, 1.82) is 0 Å². The third-order valence-electron chi connectivity index (χ3n) is 4.16. The van der Waals surface area contributed by atoms with Crippen LogP contribution < -0.4 is 10.2 Å². The summed E-state index contributed by atoms with van der Waals surface area (Å²) in [6.45, 7) is 3.12. The molecule has 0 bridgehead atoms. The Morgan fingerprint density at radius 3 is 3.10 bits per heavy atom. The molecule has 4 rings (SSSR count). The molecule has 2 unspecified atom stereocenters. The Hall–Kier alpha value is -1.53. The van der Waals surface area contributed by atoms with Crippen LogP contribution in [0.1, 0.15) is 12.8 Å². The predicted molar refractivity (Wildman–Crippen MR) is 75.8 cm³/mol. The summed E-state index contributed by atoms with van der Waals surface area (Å²) in [7, 11) is 0. The summed E-state index contributed by atoms with van der Waals surface area (Å²) in [4.78, 5) is 6.75. The van der Waals surface area contributed by atoms with Crippen molar-refractivity contribution in [1.82, 2.24) is 20.5 Å². The van der Waals surface area contributed by atoms with E-state index < -0.39 is 0 Å². The van der Waals surface area contributed by atoms with Crippen molar-refractivity contribution >= 4 is 17.5 Å². The summed E-state index contributed by atoms with van der Waals surface area (Å²) in [6, 6.07) is 4.06. The Kier molecular flexibility index (Phi) is 2.93. The van der Waals surface area contributed by atoms with E-state index in [4.69, 9.17) is 16.0 Å². The molecule has 6 nitrogen and oxygen atoms in total. The van der Waals surface area contributed by atoms with E-state index in [9.17, 15) is 0 Å². The van der Waals surface area contributed by atoms with Gasteiger partial charge < -0.3 is 14.6 Å². The number of rotatable bonds is 2. The lowest BCUT2D eigenvalue weighted by molar-refractivity contribution is 0.340. The van der Waals surface area contributed by atoms with Gasteiger partial charge in [-0.1, -0.05) is 0 Å². The summed E-state index contributed by atoms with van der Waals surface area (Å²) in [5, 5.41) is 11.2. The number of piperidine rings is 1. The Morgan fingerprint density at radius 2 is 2.30 bits per heavy atom. The van der Waals surface area contributed by atoms with Gasteiger partial charge in [-0.2, -0.15) is 4.98 Å². The van der Waals surface area contributed by atoms with Crippen molar-refractivity contribution in [3.8, 4) is 11.6 Å². The lowest BCUT2D eigenvalue weighted by Gasteiger charge is -2.24. The molecule has 0 aromatic carbocycles. The van der Waals surface area contributed by atoms with Gasteiger partial charge in [0.2, 0.25) is 5.95 Å². The highest BCUT2D eigenvalue weighted by molar-refractivity contribution is 6.28. The van der Waals surface area contributed by atoms with Crippen molar-refractivity contribution in [2.45, 2.75) is 18.9 Å². The molecule has 2 aromatic rings. The van der Waals surface area contributed by atoms with Crippen LogP contribution in [-0.4, -0.2) is 40.9 Å². The molecule has 4 heterocycles. The van der Waals surface area contributed by atoms with Gasteiger partial charge >= 0.3 is 0 Å². The molecule has 2 aliphatic rings. The number of halogens is 1. The van der Waals surface area contributed by atoms with Gasteiger partial charge in [-0.3, -0.25) is 5.10 Å². The van der Waals surface area contributed by atoms with E-state index in [0.29, 0.717) is 28.8 Å². The molecule has 0 spiro atoms. The predicted octanol–water partition coefficient (Wildman–Crippen LogP) is 1.91. The molecule has 7 heteroatoms. The fraction of sp³-hybridized carbons (Fsp3) is 0.538. The van der Waals surface area contributed by atoms with Gasteiger partial charge in [0.25, 0.3) is 0 Å². The van der Waals surface area contributed by atoms with Crippen LogP contribution in [0.25, 0.3) is 11.6 Å². The van der Waals surface area contributed by atoms with Gasteiger partial charge in [-0.05, 0) is 49.0 Å². The van der Waals surface area contributed by atoms with E-state index in [1.54, 1.807) is 12.1 Å². The van der Waals surface area contributed by atoms with E-state index in [2.05, 4.69) is 25.4 Å². The van der Waals surface area contributed by atoms with Crippen LogP contribution in [0.5, 0.6) is 0 Å². The first-order chi connectivity index (χ1) is 9.79. The number of aromatic nitrogens is 3. The summed E-state index contributed by atoms with van der Waals surface area (Å²) in [6.07, 6.45) is 2.55. The van der Waals surface area contributed by atoms with Gasteiger partial charge in [-0.15, -0.1) is 5.10 Å². The molecule has 2 saturated heterocycles. The standard InChI is InChI=1S/C13H16ClN5O/c14-11-4-3-10(20-11)12-16-13(18-17-12)19-6-8-2-1-5-15-9(8)7-19/h3-4,8-9,15H,1-2,5-7H2,(H,16,17,18). The van der Waals surface area contributed by atoms with Gasteiger partial charge in [0.15, 0.2) is 16.8 Å². The van der Waals surface area contributed by atoms with Gasteiger partial charge in [0.05, 0.1) is 0 Å². The zero-order valence-electron chi connectivity index (χ0n) is 11.0. The quantitative estimate of drug-likeness (QED) is 0.885. The molecule has 106 valence electrons. The molecule has 0 saturated carbocycles. The maximum absolute atomic E-state index is 5.78. The van der Waals surface area contributed by atoms with Crippen molar-refractivity contribution in [2.24, 2.45) is 5.92 Å². The van der Waals surface area contributed by atoms with E-state index >= 15 is 0 Å². The maximum atomic E-state index is 5.78. The first-order valence-electron chi connectivity index (χ1n) is 6.96. The molecule has 0 aliphatic carbocycles. The Labute approximate surface area is 121 Å². The van der Waals surface area contributed by atoms with Crippen LogP contribution >= 0.6 is 11.6 Å². The molecule has 0 radical (unpaired) electrons. The normalized spacial score (nSPS) is 25.9. The maximum Gasteiger partial charge on any atom is 0.245 e. The molecule has 20 heavy (non-hydrogen) atoms. The number of aromatic amines is 1. The first-order valence-corrected chi connectivity index (χ1v) is 7.34. The number of furan rings is 1. The molecule has 2 atom stereocenters. The minimum absolute atomic E-state index is 0.356. The summed E-state index contributed by atoms with van der Waals surface area (Å²) >= 11 is 5.78. The summed E-state index contributed by atoms with van der Waals surface area (Å²) in [5.41, 5.74) is 0. The zero-order chi connectivity index (χ0) is 13.5. The van der Waals surface area contributed by atoms with Crippen LogP contribution in [0.15, 0.2) is 16.5 Å². The number of nitrogens with zero attached hydrogens (tertiary/aromatic N) is 3. The topological polar surface area (TPSA) is 70.0 Å². The smallest absolute Gasteiger partial charge is 0.245 e.